The van der Waals surface area contributed by atoms with Gasteiger partial charge >= 0.3 is 0 Å². The highest BCUT2D eigenvalue weighted by molar-refractivity contribution is 7.89. The van der Waals surface area contributed by atoms with E-state index in [1.165, 1.54) is 25.3 Å². The lowest BCUT2D eigenvalue weighted by molar-refractivity contribution is 0.463. The number of sulfonamides is 1. The zero-order chi connectivity index (χ0) is 14.0. The number of aromatic nitrogens is 1. The quantitative estimate of drug-likeness (QED) is 0.931. The van der Waals surface area contributed by atoms with Gasteiger partial charge in [0.1, 0.15) is 11.6 Å². The van der Waals surface area contributed by atoms with E-state index in [-0.39, 0.29) is 22.9 Å². The Morgan fingerprint density at radius 3 is 2.68 bits per heavy atom. The zero-order valence-electron chi connectivity index (χ0n) is 10.5. The highest BCUT2D eigenvalue weighted by Gasteiger charge is 2.16. The molecule has 0 amide bonds. The monoisotopic (exact) mass is 284 g/mol. The lowest BCUT2D eigenvalue weighted by Crippen LogP contribution is -2.23. The van der Waals surface area contributed by atoms with E-state index in [2.05, 4.69) is 9.71 Å². The molecule has 1 N–H and O–H groups in total. The average molecular weight is 284 g/mol. The summed E-state index contributed by atoms with van der Waals surface area (Å²) in [7, 11) is -3.71. The van der Waals surface area contributed by atoms with E-state index in [4.69, 9.17) is 4.42 Å². The van der Waals surface area contributed by atoms with Crippen LogP contribution in [0.15, 0.2) is 33.7 Å². The Morgan fingerprint density at radius 2 is 2.11 bits per heavy atom. The third-order valence-electron chi connectivity index (χ3n) is 2.52. The van der Waals surface area contributed by atoms with Gasteiger partial charge in [0, 0.05) is 0 Å². The van der Waals surface area contributed by atoms with Crippen LogP contribution in [-0.4, -0.2) is 13.4 Å². The number of nitrogens with zero attached hydrogens (tertiary/aromatic N) is 1. The Bertz CT molecular complexity index is 695. The summed E-state index contributed by atoms with van der Waals surface area (Å²) in [6.07, 6.45) is 1.51. The van der Waals surface area contributed by atoms with E-state index in [0.717, 1.165) is 6.07 Å². The van der Waals surface area contributed by atoms with Gasteiger partial charge in [-0.2, -0.15) is 0 Å². The van der Waals surface area contributed by atoms with Crippen LogP contribution in [0.1, 0.15) is 17.2 Å². The van der Waals surface area contributed by atoms with Gasteiger partial charge < -0.3 is 4.42 Å². The second-order valence-corrected chi connectivity index (χ2v) is 5.87. The molecule has 102 valence electrons. The Morgan fingerprint density at radius 1 is 1.37 bits per heavy atom. The van der Waals surface area contributed by atoms with Gasteiger partial charge in [0.05, 0.1) is 17.6 Å². The van der Waals surface area contributed by atoms with Crippen LogP contribution in [0.3, 0.4) is 0 Å². The van der Waals surface area contributed by atoms with Gasteiger partial charge in [-0.25, -0.2) is 22.5 Å². The zero-order valence-corrected chi connectivity index (χ0v) is 11.3. The molecule has 0 spiro atoms. The molecule has 1 heterocycles. The standard InChI is InChI=1S/C12H13FN2O3S/c1-8-5-10(3-4-11(8)13)19(16,17)15-7-12-14-6-9(2)18-12/h3-6,15H,7H2,1-2H3. The maximum atomic E-state index is 13.1. The van der Waals surface area contributed by atoms with Crippen molar-refractivity contribution >= 4 is 10.0 Å². The Labute approximate surface area is 110 Å². The number of benzene rings is 1. The Balaban J connectivity index is 2.16. The molecule has 0 aliphatic rings. The van der Waals surface area contributed by atoms with E-state index >= 15 is 0 Å². The number of aryl methyl sites for hydroxylation is 2. The fourth-order valence-corrected chi connectivity index (χ4v) is 2.57. The molecule has 0 atom stereocenters. The minimum Gasteiger partial charge on any atom is -0.445 e. The van der Waals surface area contributed by atoms with E-state index in [0.29, 0.717) is 5.76 Å². The van der Waals surface area contributed by atoms with Crippen LogP contribution in [0, 0.1) is 19.7 Å². The molecule has 0 fully saturated rings. The summed E-state index contributed by atoms with van der Waals surface area (Å²) in [6, 6.07) is 3.61. The molecule has 1 aromatic heterocycles. The predicted molar refractivity (Wildman–Crippen MR) is 66.4 cm³/mol. The maximum Gasteiger partial charge on any atom is 0.241 e. The van der Waals surface area contributed by atoms with Crippen molar-refractivity contribution in [2.75, 3.05) is 0 Å². The van der Waals surface area contributed by atoms with Crippen LogP contribution in [0.4, 0.5) is 4.39 Å². The summed E-state index contributed by atoms with van der Waals surface area (Å²) >= 11 is 0. The smallest absolute Gasteiger partial charge is 0.241 e. The van der Waals surface area contributed by atoms with Crippen LogP contribution >= 0.6 is 0 Å². The van der Waals surface area contributed by atoms with Gasteiger partial charge in [-0.1, -0.05) is 0 Å². The van der Waals surface area contributed by atoms with Gasteiger partial charge in [-0.3, -0.25) is 0 Å². The number of nitrogens with one attached hydrogen (secondary N) is 1. The van der Waals surface area contributed by atoms with Crippen LogP contribution in [0.2, 0.25) is 0 Å². The summed E-state index contributed by atoms with van der Waals surface area (Å²) in [4.78, 5) is 3.90. The third kappa shape index (κ3) is 3.18. The van der Waals surface area contributed by atoms with Crippen molar-refractivity contribution < 1.29 is 17.2 Å². The molecular formula is C12H13FN2O3S. The summed E-state index contributed by atoms with van der Waals surface area (Å²) in [5.74, 6) is 0.439. The van der Waals surface area contributed by atoms with E-state index in [1.807, 2.05) is 0 Å². The van der Waals surface area contributed by atoms with Gasteiger partial charge in [0.15, 0.2) is 0 Å². The highest BCUT2D eigenvalue weighted by atomic mass is 32.2. The molecule has 5 nitrogen and oxygen atoms in total. The van der Waals surface area contributed by atoms with Crippen molar-refractivity contribution in [1.29, 1.82) is 0 Å². The normalized spacial score (nSPS) is 11.7. The van der Waals surface area contributed by atoms with E-state index in [1.54, 1.807) is 6.92 Å². The largest absolute Gasteiger partial charge is 0.445 e. The average Bonchev–Trinajstić information content (AvgIpc) is 2.76. The van der Waals surface area contributed by atoms with Crippen LogP contribution in [0.25, 0.3) is 0 Å². The molecule has 0 aliphatic carbocycles. The molecule has 1 aromatic carbocycles. The minimum atomic E-state index is -3.71. The first-order valence-corrected chi connectivity index (χ1v) is 7.04. The summed E-state index contributed by atoms with van der Waals surface area (Å²) in [5, 5.41) is 0. The van der Waals surface area contributed by atoms with Crippen molar-refractivity contribution in [2.45, 2.75) is 25.3 Å². The van der Waals surface area contributed by atoms with Crippen molar-refractivity contribution in [2.24, 2.45) is 0 Å². The van der Waals surface area contributed by atoms with Crippen LogP contribution < -0.4 is 4.72 Å². The summed E-state index contributed by atoms with van der Waals surface area (Å²) in [6.45, 7) is 3.17. The van der Waals surface area contributed by atoms with Crippen molar-refractivity contribution in [3.05, 3.63) is 47.4 Å². The SMILES string of the molecule is Cc1cnc(CNS(=O)(=O)c2ccc(F)c(C)c2)o1. The van der Waals surface area contributed by atoms with E-state index < -0.39 is 15.8 Å². The molecular weight excluding hydrogens is 271 g/mol. The molecule has 0 radical (unpaired) electrons. The van der Waals surface area contributed by atoms with Crippen LogP contribution in [-0.2, 0) is 16.6 Å². The molecule has 0 aliphatic heterocycles. The molecule has 0 bridgehead atoms. The Hall–Kier alpha value is -1.73. The molecule has 7 heteroatoms. The third-order valence-corrected chi connectivity index (χ3v) is 3.92. The fourth-order valence-electron chi connectivity index (χ4n) is 1.51. The fraction of sp³-hybridized carbons (Fsp3) is 0.250. The van der Waals surface area contributed by atoms with Crippen LogP contribution in [0.5, 0.6) is 0 Å². The lowest BCUT2D eigenvalue weighted by atomic mass is 10.2. The summed E-state index contributed by atoms with van der Waals surface area (Å²) in [5.41, 5.74) is 0.273. The topological polar surface area (TPSA) is 72.2 Å². The molecule has 19 heavy (non-hydrogen) atoms. The first-order chi connectivity index (χ1) is 8.88. The lowest BCUT2D eigenvalue weighted by Gasteiger charge is -2.06. The maximum absolute atomic E-state index is 13.1. The molecule has 2 aromatic rings. The van der Waals surface area contributed by atoms with Gasteiger partial charge in [0.25, 0.3) is 0 Å². The van der Waals surface area contributed by atoms with Crippen molar-refractivity contribution in [1.82, 2.24) is 9.71 Å². The number of oxazole rings is 1. The van der Waals surface area contributed by atoms with Crippen molar-refractivity contribution in [3.63, 3.8) is 0 Å². The van der Waals surface area contributed by atoms with E-state index in [9.17, 15) is 12.8 Å². The second kappa shape index (κ2) is 5.10. The first kappa shape index (κ1) is 13.7. The predicted octanol–water partition coefficient (Wildman–Crippen LogP) is 1.91. The van der Waals surface area contributed by atoms with Gasteiger partial charge in [0.2, 0.25) is 15.9 Å². The number of hydrogen-bond donors (Lipinski definition) is 1. The highest BCUT2D eigenvalue weighted by Crippen LogP contribution is 2.14. The summed E-state index contributed by atoms with van der Waals surface area (Å²) < 4.78 is 44.6. The number of halogens is 1. The first-order valence-electron chi connectivity index (χ1n) is 5.55. The van der Waals surface area contributed by atoms with Gasteiger partial charge in [-0.15, -0.1) is 0 Å². The second-order valence-electron chi connectivity index (χ2n) is 4.10. The van der Waals surface area contributed by atoms with Gasteiger partial charge in [-0.05, 0) is 37.6 Å². The molecule has 0 saturated heterocycles. The number of hydrogen-bond acceptors (Lipinski definition) is 4. The minimum absolute atomic E-state index is 0.00896. The molecule has 0 unspecified atom stereocenters. The Kier molecular flexibility index (Phi) is 3.68. The molecule has 0 saturated carbocycles. The van der Waals surface area contributed by atoms with Crippen molar-refractivity contribution in [3.8, 4) is 0 Å². The molecule has 2 rings (SSSR count). The number of rotatable bonds is 4.